The quantitative estimate of drug-likeness (QED) is 0.173. The van der Waals surface area contributed by atoms with Crippen LogP contribution in [0.15, 0.2) is 52.3 Å². The molecule has 8 heteroatoms. The topological polar surface area (TPSA) is 39.5 Å². The third-order valence-corrected chi connectivity index (χ3v) is 8.83. The van der Waals surface area contributed by atoms with Gasteiger partial charge in [-0.25, -0.2) is 4.98 Å². The molecule has 0 radical (unpaired) electrons. The molecule has 0 amide bonds. The molecule has 0 saturated heterocycles. The van der Waals surface area contributed by atoms with Crippen LogP contribution < -0.4 is 0 Å². The summed E-state index contributed by atoms with van der Waals surface area (Å²) in [5.74, 6) is 0.879. The first-order valence-corrected chi connectivity index (χ1v) is 16.6. The molecule has 0 fully saturated rings. The molecule has 0 atom stereocenters. The van der Waals surface area contributed by atoms with Gasteiger partial charge in [-0.1, -0.05) is 61.2 Å². The zero-order valence-electron chi connectivity index (χ0n) is 20.7. The van der Waals surface area contributed by atoms with Crippen molar-refractivity contribution in [3.05, 3.63) is 53.3 Å². The molecule has 0 spiro atoms. The second kappa shape index (κ2) is 11.0. The van der Waals surface area contributed by atoms with Crippen LogP contribution in [-0.2, 0) is 22.8 Å². The normalized spacial score (nSPS) is 12.9. The first-order chi connectivity index (χ1) is 16.2. The van der Waals surface area contributed by atoms with Crippen molar-refractivity contribution in [1.29, 1.82) is 0 Å². The fourth-order valence-corrected chi connectivity index (χ4v) is 5.79. The van der Waals surface area contributed by atoms with Crippen molar-refractivity contribution >= 4 is 31.4 Å². The highest BCUT2D eigenvalue weighted by molar-refractivity contribution is 7.99. The lowest BCUT2D eigenvalue weighted by atomic mass is 10.0. The number of aromatic nitrogens is 2. The Bertz CT molecular complexity index is 1140. The molecule has 0 aliphatic carbocycles. The largest absolute Gasteiger partial charge is 0.372 e. The van der Waals surface area contributed by atoms with Crippen molar-refractivity contribution in [2.24, 2.45) is 0 Å². The molecule has 5 nitrogen and oxygen atoms in total. The lowest BCUT2D eigenvalue weighted by Crippen LogP contribution is -2.22. The van der Waals surface area contributed by atoms with Crippen LogP contribution in [0.25, 0.3) is 22.5 Å². The van der Waals surface area contributed by atoms with Gasteiger partial charge in [0.1, 0.15) is 19.2 Å². The van der Waals surface area contributed by atoms with E-state index >= 15 is 0 Å². The third-order valence-electron chi connectivity index (χ3n) is 5.74. The molecular formula is C26H34ClN3O2SSi. The monoisotopic (exact) mass is 515 g/mol. The van der Waals surface area contributed by atoms with Crippen molar-refractivity contribution < 1.29 is 9.47 Å². The van der Waals surface area contributed by atoms with Crippen molar-refractivity contribution in [2.75, 3.05) is 33.9 Å². The van der Waals surface area contributed by atoms with E-state index in [0.29, 0.717) is 25.0 Å². The van der Waals surface area contributed by atoms with Gasteiger partial charge in [0.2, 0.25) is 0 Å². The average Bonchev–Trinajstić information content (AvgIpc) is 3.06. The summed E-state index contributed by atoms with van der Waals surface area (Å²) in [5.41, 5.74) is 4.23. The van der Waals surface area contributed by atoms with E-state index in [2.05, 4.69) is 59.4 Å². The van der Waals surface area contributed by atoms with Crippen LogP contribution in [0.4, 0.5) is 0 Å². The van der Waals surface area contributed by atoms with Gasteiger partial charge >= 0.3 is 0 Å². The van der Waals surface area contributed by atoms with Gasteiger partial charge in [-0.2, -0.15) is 0 Å². The first-order valence-electron chi connectivity index (χ1n) is 11.7. The Balaban J connectivity index is 1.76. The Labute approximate surface area is 213 Å². The number of benzene rings is 2. The summed E-state index contributed by atoms with van der Waals surface area (Å²) in [6, 6.07) is 15.7. The van der Waals surface area contributed by atoms with Gasteiger partial charge in [0.05, 0.1) is 18.0 Å². The molecule has 0 bridgehead atoms. The van der Waals surface area contributed by atoms with Crippen LogP contribution in [0.5, 0.6) is 0 Å². The van der Waals surface area contributed by atoms with Crippen LogP contribution in [0.2, 0.25) is 30.7 Å². The second-order valence-corrected chi connectivity index (χ2v) is 17.2. The van der Waals surface area contributed by atoms with Crippen LogP contribution in [0.1, 0.15) is 5.82 Å². The van der Waals surface area contributed by atoms with Gasteiger partial charge in [0.25, 0.3) is 0 Å². The van der Waals surface area contributed by atoms with E-state index in [9.17, 15) is 0 Å². The maximum absolute atomic E-state index is 6.44. The second-order valence-electron chi connectivity index (χ2n) is 10.1. The molecule has 3 aromatic rings. The smallest absolute Gasteiger partial charge is 0.137 e. The van der Waals surface area contributed by atoms with E-state index < -0.39 is 8.07 Å². The maximum Gasteiger partial charge on any atom is 0.137 e. The van der Waals surface area contributed by atoms with Crippen LogP contribution in [0.3, 0.4) is 0 Å². The molecule has 0 N–H and O–H groups in total. The summed E-state index contributed by atoms with van der Waals surface area (Å²) < 4.78 is 14.5. The van der Waals surface area contributed by atoms with E-state index in [4.69, 9.17) is 26.1 Å². The number of imidazole rings is 1. The van der Waals surface area contributed by atoms with Gasteiger partial charge in [0, 0.05) is 47.2 Å². The molecule has 2 aromatic carbocycles. The van der Waals surface area contributed by atoms with Crippen molar-refractivity contribution in [3.8, 4) is 22.5 Å². The SMILES string of the molecule is CN(C)CCOCc1nc2c(n1COCC[Si](C)(C)C)-c1ccccc1Sc1ccc(Cl)cc1-2. The van der Waals surface area contributed by atoms with Gasteiger partial charge in [-0.15, -0.1) is 0 Å². The molecule has 0 saturated carbocycles. The third kappa shape index (κ3) is 6.14. The summed E-state index contributed by atoms with van der Waals surface area (Å²) in [6.07, 6.45) is 0. The fourth-order valence-electron chi connectivity index (χ4n) is 3.80. The number of rotatable bonds is 10. The molecule has 0 unspecified atom stereocenters. The number of ether oxygens (including phenoxy) is 2. The predicted molar refractivity (Wildman–Crippen MR) is 145 cm³/mol. The Morgan fingerprint density at radius 3 is 2.53 bits per heavy atom. The molecule has 1 aliphatic heterocycles. The zero-order chi connectivity index (χ0) is 24.3. The van der Waals surface area contributed by atoms with E-state index in [1.807, 2.05) is 26.2 Å². The molecule has 182 valence electrons. The highest BCUT2D eigenvalue weighted by Gasteiger charge is 2.27. The number of likely N-dealkylation sites (N-methyl/N-ethyl adjacent to an activating group) is 1. The standard InChI is InChI=1S/C26H34ClN3O2SSi/c1-29(2)12-13-31-17-24-28-25-21-16-19(27)10-11-23(21)33-22-9-7-6-8-20(22)26(25)30(24)18-32-14-15-34(3,4)5/h6-11,16H,12-15,17-18H2,1-5H3. The van der Waals surface area contributed by atoms with Crippen molar-refractivity contribution in [1.82, 2.24) is 14.5 Å². The number of halogens is 1. The molecular weight excluding hydrogens is 482 g/mol. The van der Waals surface area contributed by atoms with Gasteiger partial charge < -0.3 is 18.9 Å². The van der Waals surface area contributed by atoms with Gasteiger partial charge in [0.15, 0.2) is 0 Å². The number of nitrogens with zero attached hydrogens (tertiary/aromatic N) is 3. The van der Waals surface area contributed by atoms with Crippen molar-refractivity contribution in [3.63, 3.8) is 0 Å². The molecule has 1 aromatic heterocycles. The molecule has 1 aliphatic rings. The molecule has 2 heterocycles. The molecule has 34 heavy (non-hydrogen) atoms. The highest BCUT2D eigenvalue weighted by atomic mass is 35.5. The highest BCUT2D eigenvalue weighted by Crippen LogP contribution is 2.48. The summed E-state index contributed by atoms with van der Waals surface area (Å²) in [6.45, 7) is 10.3. The van der Waals surface area contributed by atoms with E-state index in [1.165, 1.54) is 4.90 Å². The number of hydrogen-bond acceptors (Lipinski definition) is 5. The number of fused-ring (bicyclic) bond motifs is 5. The lowest BCUT2D eigenvalue weighted by Gasteiger charge is -2.18. The lowest BCUT2D eigenvalue weighted by molar-refractivity contribution is 0.0688. The average molecular weight is 516 g/mol. The van der Waals surface area contributed by atoms with Gasteiger partial charge in [-0.3, -0.25) is 0 Å². The minimum Gasteiger partial charge on any atom is -0.372 e. The summed E-state index contributed by atoms with van der Waals surface area (Å²) in [7, 11) is 2.92. The first kappa shape index (κ1) is 25.5. The van der Waals surface area contributed by atoms with Gasteiger partial charge in [-0.05, 0) is 44.4 Å². The zero-order valence-corrected chi connectivity index (χ0v) is 23.3. The Morgan fingerprint density at radius 1 is 1.00 bits per heavy atom. The fraction of sp³-hybridized carbons (Fsp3) is 0.423. The van der Waals surface area contributed by atoms with E-state index in [0.717, 1.165) is 52.4 Å². The number of hydrogen-bond donors (Lipinski definition) is 0. The summed E-state index contributed by atoms with van der Waals surface area (Å²) in [5, 5.41) is 0.709. The van der Waals surface area contributed by atoms with Crippen LogP contribution in [-0.4, -0.2) is 56.4 Å². The molecule has 4 rings (SSSR count). The summed E-state index contributed by atoms with van der Waals surface area (Å²) in [4.78, 5) is 9.59. The Kier molecular flexibility index (Phi) is 8.22. The Hall–Kier alpha value is -1.61. The summed E-state index contributed by atoms with van der Waals surface area (Å²) >= 11 is 8.20. The van der Waals surface area contributed by atoms with E-state index in [-0.39, 0.29) is 0 Å². The maximum atomic E-state index is 6.44. The minimum absolute atomic E-state index is 0.434. The van der Waals surface area contributed by atoms with E-state index in [1.54, 1.807) is 11.8 Å². The van der Waals surface area contributed by atoms with Crippen molar-refractivity contribution in [2.45, 2.75) is 48.8 Å². The Morgan fingerprint density at radius 2 is 1.76 bits per heavy atom. The van der Waals surface area contributed by atoms with Crippen LogP contribution >= 0.6 is 23.4 Å². The predicted octanol–water partition coefficient (Wildman–Crippen LogP) is 6.73. The minimum atomic E-state index is -1.17. The van der Waals surface area contributed by atoms with Crippen LogP contribution in [0, 0.1) is 0 Å².